The Kier molecular flexibility index (Phi) is 5.86. The first-order valence-electron chi connectivity index (χ1n) is 11.4. The fraction of sp³-hybridized carbons (Fsp3) is 0.259. The number of halogens is 3. The quantitative estimate of drug-likeness (QED) is 0.365. The number of H-pyrrole nitrogens is 1. The topological polar surface area (TPSA) is 49.0 Å². The van der Waals surface area contributed by atoms with Gasteiger partial charge >= 0.3 is 6.18 Å². The predicted molar refractivity (Wildman–Crippen MR) is 125 cm³/mol. The number of carbonyl (C=O) groups excluding carboxylic acids is 1. The van der Waals surface area contributed by atoms with Crippen LogP contribution in [0.1, 0.15) is 42.3 Å². The Hall–Kier alpha value is -3.61. The van der Waals surface area contributed by atoms with E-state index >= 15 is 0 Å². The molecule has 4 aromatic rings. The third-order valence-corrected chi connectivity index (χ3v) is 6.40. The molecule has 1 saturated heterocycles. The Balaban J connectivity index is 1.26. The number of benzene rings is 3. The first kappa shape index (κ1) is 22.2. The fourth-order valence-electron chi connectivity index (χ4n) is 4.60. The molecule has 1 aliphatic rings. The van der Waals surface area contributed by atoms with Gasteiger partial charge in [-0.1, -0.05) is 54.6 Å². The van der Waals surface area contributed by atoms with Crippen molar-refractivity contribution in [3.63, 3.8) is 0 Å². The molecule has 174 valence electrons. The third-order valence-electron chi connectivity index (χ3n) is 6.40. The molecular formula is C27H24F3N3O. The zero-order chi connectivity index (χ0) is 23.7. The summed E-state index contributed by atoms with van der Waals surface area (Å²) in [4.78, 5) is 22.3. The van der Waals surface area contributed by atoms with Gasteiger partial charge in [-0.3, -0.25) is 4.79 Å². The number of likely N-dealkylation sites (tertiary alicyclic amines) is 1. The Morgan fingerprint density at radius 2 is 1.74 bits per heavy atom. The first-order valence-corrected chi connectivity index (χ1v) is 11.4. The zero-order valence-corrected chi connectivity index (χ0v) is 18.5. The molecule has 1 amide bonds. The predicted octanol–water partition coefficient (Wildman–Crippen LogP) is 6.55. The summed E-state index contributed by atoms with van der Waals surface area (Å²) in [6.07, 6.45) is -1.82. The molecule has 4 nitrogen and oxygen atoms in total. The number of carbonyl (C=O) groups is 1. The molecule has 34 heavy (non-hydrogen) atoms. The van der Waals surface area contributed by atoms with Crippen LogP contribution in [-0.2, 0) is 17.4 Å². The van der Waals surface area contributed by atoms with E-state index in [1.54, 1.807) is 4.90 Å². The van der Waals surface area contributed by atoms with Crippen LogP contribution in [0.2, 0.25) is 0 Å². The van der Waals surface area contributed by atoms with Crippen molar-refractivity contribution in [2.45, 2.75) is 37.9 Å². The van der Waals surface area contributed by atoms with Gasteiger partial charge in [-0.2, -0.15) is 13.2 Å². The van der Waals surface area contributed by atoms with E-state index in [2.05, 4.69) is 46.4 Å². The molecule has 1 aromatic heterocycles. The average Bonchev–Trinajstić information content (AvgIpc) is 3.49. The van der Waals surface area contributed by atoms with E-state index in [0.29, 0.717) is 36.2 Å². The second-order valence-corrected chi connectivity index (χ2v) is 8.66. The van der Waals surface area contributed by atoms with Gasteiger partial charge in [0.2, 0.25) is 5.91 Å². The van der Waals surface area contributed by atoms with Crippen molar-refractivity contribution in [1.82, 2.24) is 14.9 Å². The molecule has 0 spiro atoms. The normalized spacial score (nSPS) is 16.3. The maximum Gasteiger partial charge on any atom is 0.416 e. The number of nitrogens with zero attached hydrogens (tertiary/aromatic N) is 2. The van der Waals surface area contributed by atoms with Gasteiger partial charge < -0.3 is 9.88 Å². The lowest BCUT2D eigenvalue weighted by Crippen LogP contribution is -2.31. The van der Waals surface area contributed by atoms with Crippen LogP contribution in [0.5, 0.6) is 0 Å². The highest BCUT2D eigenvalue weighted by molar-refractivity contribution is 5.79. The molecule has 1 N–H and O–H groups in total. The molecule has 0 bridgehead atoms. The lowest BCUT2D eigenvalue weighted by molar-refractivity contribution is -0.137. The number of nitrogens with one attached hydrogen (secondary N) is 1. The second kappa shape index (κ2) is 8.97. The molecule has 1 aliphatic heterocycles. The summed E-state index contributed by atoms with van der Waals surface area (Å²) in [5, 5.41) is 0. The summed E-state index contributed by atoms with van der Waals surface area (Å²) < 4.78 is 39.1. The second-order valence-electron chi connectivity index (χ2n) is 8.66. The van der Waals surface area contributed by atoms with Crippen molar-refractivity contribution in [2.75, 3.05) is 6.54 Å². The Bertz CT molecular complexity index is 1300. The highest BCUT2D eigenvalue weighted by Gasteiger charge is 2.33. The van der Waals surface area contributed by atoms with Crippen LogP contribution < -0.4 is 0 Å². The summed E-state index contributed by atoms with van der Waals surface area (Å²) in [6.45, 7) is 0.626. The van der Waals surface area contributed by atoms with Gasteiger partial charge in [0.1, 0.15) is 5.82 Å². The van der Waals surface area contributed by atoms with Gasteiger partial charge in [-0.05, 0) is 54.2 Å². The largest absolute Gasteiger partial charge is 0.416 e. The molecule has 1 atom stereocenters. The minimum atomic E-state index is -4.41. The smallest absolute Gasteiger partial charge is 0.340 e. The lowest BCUT2D eigenvalue weighted by Gasteiger charge is -2.23. The summed E-state index contributed by atoms with van der Waals surface area (Å²) >= 11 is 0. The minimum Gasteiger partial charge on any atom is -0.340 e. The van der Waals surface area contributed by atoms with E-state index in [9.17, 15) is 18.0 Å². The number of hydrogen-bond donors (Lipinski definition) is 1. The molecule has 0 saturated carbocycles. The van der Waals surface area contributed by atoms with Crippen LogP contribution in [0.25, 0.3) is 22.2 Å². The molecule has 5 rings (SSSR count). The van der Waals surface area contributed by atoms with E-state index < -0.39 is 11.7 Å². The lowest BCUT2D eigenvalue weighted by atomic mass is 10.0. The maximum absolute atomic E-state index is 13.0. The van der Waals surface area contributed by atoms with Crippen LogP contribution in [0.15, 0.2) is 72.8 Å². The standard InChI is InChI=1S/C27H24F3N3O/c28-27(29,30)21-13-14-22-23(17-21)32-26(31-22)24-7-4-16-33(24)25(34)15-10-18-8-11-20(12-9-18)19-5-2-1-3-6-19/h1-3,5-6,8-9,11-14,17,24H,4,7,10,15-16H2,(H,31,32)/t24-/m0/s1. The zero-order valence-electron chi connectivity index (χ0n) is 18.5. The van der Waals surface area contributed by atoms with Gasteiger partial charge in [0.25, 0.3) is 0 Å². The first-order chi connectivity index (χ1) is 16.4. The maximum atomic E-state index is 13.0. The number of hydrogen-bond acceptors (Lipinski definition) is 2. The van der Waals surface area contributed by atoms with Crippen molar-refractivity contribution in [2.24, 2.45) is 0 Å². The highest BCUT2D eigenvalue weighted by atomic mass is 19.4. The number of fused-ring (bicyclic) bond motifs is 1. The summed E-state index contributed by atoms with van der Waals surface area (Å²) in [5.41, 5.74) is 3.47. The van der Waals surface area contributed by atoms with Crippen LogP contribution >= 0.6 is 0 Å². The molecule has 0 radical (unpaired) electrons. The number of aryl methyl sites for hydroxylation is 1. The molecule has 0 aliphatic carbocycles. The molecule has 3 aromatic carbocycles. The van der Waals surface area contributed by atoms with Gasteiger partial charge in [0.15, 0.2) is 0 Å². The number of aromatic amines is 1. The molecule has 0 unspecified atom stereocenters. The van der Waals surface area contributed by atoms with Crippen LogP contribution in [0.3, 0.4) is 0 Å². The van der Waals surface area contributed by atoms with E-state index in [1.165, 1.54) is 6.07 Å². The van der Waals surface area contributed by atoms with Gasteiger partial charge in [0, 0.05) is 13.0 Å². The number of rotatable bonds is 5. The van der Waals surface area contributed by atoms with Gasteiger partial charge in [0.05, 0.1) is 22.6 Å². The van der Waals surface area contributed by atoms with Crippen molar-refractivity contribution in [3.8, 4) is 11.1 Å². The number of aromatic nitrogens is 2. The molecular weight excluding hydrogens is 439 g/mol. The monoisotopic (exact) mass is 463 g/mol. The number of alkyl halides is 3. The van der Waals surface area contributed by atoms with E-state index in [1.807, 2.05) is 18.2 Å². The van der Waals surface area contributed by atoms with Crippen LogP contribution in [0, 0.1) is 0 Å². The van der Waals surface area contributed by atoms with E-state index in [4.69, 9.17) is 0 Å². The number of imidazole rings is 1. The minimum absolute atomic E-state index is 0.0334. The van der Waals surface area contributed by atoms with Crippen molar-refractivity contribution in [3.05, 3.63) is 89.7 Å². The Morgan fingerprint density at radius 1 is 1.00 bits per heavy atom. The van der Waals surface area contributed by atoms with E-state index in [0.717, 1.165) is 41.7 Å². The number of amides is 1. The Labute approximate surface area is 195 Å². The highest BCUT2D eigenvalue weighted by Crippen LogP contribution is 2.34. The van der Waals surface area contributed by atoms with Gasteiger partial charge in [-0.15, -0.1) is 0 Å². The fourth-order valence-corrected chi connectivity index (χ4v) is 4.60. The summed E-state index contributed by atoms with van der Waals surface area (Å²) in [6, 6.07) is 21.6. The van der Waals surface area contributed by atoms with Gasteiger partial charge in [-0.25, -0.2) is 4.98 Å². The van der Waals surface area contributed by atoms with Crippen LogP contribution in [0.4, 0.5) is 13.2 Å². The summed E-state index contributed by atoms with van der Waals surface area (Å²) in [7, 11) is 0. The molecule has 2 heterocycles. The third kappa shape index (κ3) is 4.55. The van der Waals surface area contributed by atoms with Crippen LogP contribution in [-0.4, -0.2) is 27.3 Å². The van der Waals surface area contributed by atoms with Crippen molar-refractivity contribution in [1.29, 1.82) is 0 Å². The van der Waals surface area contributed by atoms with Crippen molar-refractivity contribution < 1.29 is 18.0 Å². The van der Waals surface area contributed by atoms with Crippen molar-refractivity contribution >= 4 is 16.9 Å². The summed E-state index contributed by atoms with van der Waals surface area (Å²) in [5.74, 6) is 0.582. The molecule has 1 fully saturated rings. The average molecular weight is 464 g/mol. The molecule has 7 heteroatoms. The SMILES string of the molecule is O=C(CCc1ccc(-c2ccccc2)cc1)N1CCC[C@H]1c1nc2ccc(C(F)(F)F)cc2[nH]1. The Morgan fingerprint density at radius 3 is 2.47 bits per heavy atom. The van der Waals surface area contributed by atoms with E-state index in [-0.39, 0.29) is 11.9 Å².